The molecule has 0 spiro atoms. The van der Waals surface area contributed by atoms with E-state index in [1.165, 1.54) is 5.56 Å². The molecular weight excluding hydrogens is 236 g/mol. The molecule has 0 aliphatic rings. The SMILES string of the molecule is C=CCNc1cc(Nc2ccccc2CC)ncn1. The van der Waals surface area contributed by atoms with E-state index < -0.39 is 0 Å². The molecule has 0 atom stereocenters. The molecule has 0 aliphatic heterocycles. The zero-order valence-electron chi connectivity index (χ0n) is 11.1. The number of nitrogens with one attached hydrogen (secondary N) is 2. The zero-order chi connectivity index (χ0) is 13.5. The Balaban J connectivity index is 2.16. The lowest BCUT2D eigenvalue weighted by molar-refractivity contribution is 1.12. The minimum atomic E-state index is 0.683. The van der Waals surface area contributed by atoms with E-state index in [2.05, 4.69) is 46.2 Å². The summed E-state index contributed by atoms with van der Waals surface area (Å²) < 4.78 is 0. The van der Waals surface area contributed by atoms with Gasteiger partial charge in [0.25, 0.3) is 0 Å². The summed E-state index contributed by atoms with van der Waals surface area (Å²) in [6.07, 6.45) is 4.32. The van der Waals surface area contributed by atoms with Crippen LogP contribution >= 0.6 is 0 Å². The van der Waals surface area contributed by atoms with Crippen molar-refractivity contribution in [3.05, 3.63) is 54.9 Å². The van der Waals surface area contributed by atoms with Crippen LogP contribution in [-0.4, -0.2) is 16.5 Å². The van der Waals surface area contributed by atoms with Crippen molar-refractivity contribution in [2.75, 3.05) is 17.2 Å². The standard InChI is InChI=1S/C15H18N4/c1-3-9-16-14-10-15(18-11-17-14)19-13-8-6-5-7-12(13)4-2/h3,5-8,10-11H,1,4,9H2,2H3,(H2,16,17,18,19). The number of aryl methyl sites for hydroxylation is 1. The van der Waals surface area contributed by atoms with Crippen LogP contribution in [0.15, 0.2) is 49.3 Å². The number of benzene rings is 1. The smallest absolute Gasteiger partial charge is 0.135 e. The van der Waals surface area contributed by atoms with Crippen LogP contribution in [0.2, 0.25) is 0 Å². The molecular formula is C15H18N4. The molecule has 4 heteroatoms. The van der Waals surface area contributed by atoms with Crippen molar-refractivity contribution < 1.29 is 0 Å². The van der Waals surface area contributed by atoms with Crippen molar-refractivity contribution in [1.29, 1.82) is 0 Å². The average molecular weight is 254 g/mol. The van der Waals surface area contributed by atoms with Gasteiger partial charge in [0.1, 0.15) is 18.0 Å². The quantitative estimate of drug-likeness (QED) is 0.776. The van der Waals surface area contributed by atoms with Crippen molar-refractivity contribution in [3.63, 3.8) is 0 Å². The fourth-order valence-corrected chi connectivity index (χ4v) is 1.79. The van der Waals surface area contributed by atoms with Gasteiger partial charge in [0.2, 0.25) is 0 Å². The second kappa shape index (κ2) is 6.54. The second-order valence-electron chi connectivity index (χ2n) is 4.09. The molecule has 4 nitrogen and oxygen atoms in total. The van der Waals surface area contributed by atoms with E-state index in [1.807, 2.05) is 18.2 Å². The number of hydrogen-bond donors (Lipinski definition) is 2. The molecule has 0 saturated carbocycles. The Labute approximate surface area is 113 Å². The molecule has 0 unspecified atom stereocenters. The minimum Gasteiger partial charge on any atom is -0.366 e. The average Bonchev–Trinajstić information content (AvgIpc) is 2.46. The van der Waals surface area contributed by atoms with Crippen LogP contribution in [0.4, 0.5) is 17.3 Å². The number of aromatic nitrogens is 2. The highest BCUT2D eigenvalue weighted by Gasteiger charge is 2.02. The van der Waals surface area contributed by atoms with Gasteiger partial charge in [0.05, 0.1) is 0 Å². The van der Waals surface area contributed by atoms with Gasteiger partial charge in [-0.2, -0.15) is 0 Å². The Hall–Kier alpha value is -2.36. The maximum Gasteiger partial charge on any atom is 0.135 e. The summed E-state index contributed by atoms with van der Waals surface area (Å²) in [6, 6.07) is 10.1. The molecule has 0 bridgehead atoms. The van der Waals surface area contributed by atoms with Crippen molar-refractivity contribution >= 4 is 17.3 Å². The van der Waals surface area contributed by atoms with Crippen LogP contribution in [0.25, 0.3) is 0 Å². The van der Waals surface area contributed by atoms with E-state index in [0.29, 0.717) is 6.54 Å². The van der Waals surface area contributed by atoms with Crippen molar-refractivity contribution in [1.82, 2.24) is 9.97 Å². The summed E-state index contributed by atoms with van der Waals surface area (Å²) in [6.45, 7) is 6.49. The highest BCUT2D eigenvalue weighted by molar-refractivity contribution is 5.62. The summed E-state index contributed by atoms with van der Waals surface area (Å²) in [5.74, 6) is 1.56. The van der Waals surface area contributed by atoms with Gasteiger partial charge in [-0.25, -0.2) is 9.97 Å². The first-order chi connectivity index (χ1) is 9.33. The molecule has 0 radical (unpaired) electrons. The number of nitrogens with zero attached hydrogens (tertiary/aromatic N) is 2. The van der Waals surface area contributed by atoms with Gasteiger partial charge in [-0.1, -0.05) is 31.2 Å². The van der Waals surface area contributed by atoms with Crippen LogP contribution in [-0.2, 0) is 6.42 Å². The number of rotatable bonds is 6. The van der Waals surface area contributed by atoms with Crippen molar-refractivity contribution in [3.8, 4) is 0 Å². The summed E-state index contributed by atoms with van der Waals surface area (Å²) in [5.41, 5.74) is 2.35. The third-order valence-electron chi connectivity index (χ3n) is 2.76. The molecule has 0 aliphatic carbocycles. The lowest BCUT2D eigenvalue weighted by atomic mass is 10.1. The van der Waals surface area contributed by atoms with Crippen molar-refractivity contribution in [2.24, 2.45) is 0 Å². The lowest BCUT2D eigenvalue weighted by Gasteiger charge is -2.10. The van der Waals surface area contributed by atoms with Gasteiger partial charge >= 0.3 is 0 Å². The summed E-state index contributed by atoms with van der Waals surface area (Å²) in [4.78, 5) is 8.38. The first-order valence-electron chi connectivity index (χ1n) is 6.35. The van der Waals surface area contributed by atoms with E-state index in [1.54, 1.807) is 12.4 Å². The molecule has 19 heavy (non-hydrogen) atoms. The summed E-state index contributed by atoms with van der Waals surface area (Å²) in [7, 11) is 0. The van der Waals surface area contributed by atoms with Gasteiger partial charge in [-0.05, 0) is 18.1 Å². The largest absolute Gasteiger partial charge is 0.366 e. The van der Waals surface area contributed by atoms with Crippen LogP contribution in [0, 0.1) is 0 Å². The monoisotopic (exact) mass is 254 g/mol. The topological polar surface area (TPSA) is 49.8 Å². The predicted molar refractivity (Wildman–Crippen MR) is 79.8 cm³/mol. The van der Waals surface area contributed by atoms with Crippen molar-refractivity contribution in [2.45, 2.75) is 13.3 Å². The fraction of sp³-hybridized carbons (Fsp3) is 0.200. The second-order valence-corrected chi connectivity index (χ2v) is 4.09. The normalized spacial score (nSPS) is 9.95. The van der Waals surface area contributed by atoms with Crippen LogP contribution < -0.4 is 10.6 Å². The van der Waals surface area contributed by atoms with E-state index in [9.17, 15) is 0 Å². The molecule has 0 amide bonds. The Morgan fingerprint density at radius 2 is 2.00 bits per heavy atom. The van der Waals surface area contributed by atoms with Gasteiger partial charge < -0.3 is 10.6 Å². The fourth-order valence-electron chi connectivity index (χ4n) is 1.79. The van der Waals surface area contributed by atoms with E-state index in [-0.39, 0.29) is 0 Å². The highest BCUT2D eigenvalue weighted by atomic mass is 15.1. The number of anilines is 3. The number of para-hydroxylation sites is 1. The predicted octanol–water partition coefficient (Wildman–Crippen LogP) is 3.38. The van der Waals surface area contributed by atoms with Gasteiger partial charge in [0, 0.05) is 18.3 Å². The Kier molecular flexibility index (Phi) is 4.50. The van der Waals surface area contributed by atoms with Gasteiger partial charge in [-0.15, -0.1) is 6.58 Å². The lowest BCUT2D eigenvalue weighted by Crippen LogP contribution is -2.03. The molecule has 2 rings (SSSR count). The molecule has 98 valence electrons. The van der Waals surface area contributed by atoms with Crippen LogP contribution in [0.3, 0.4) is 0 Å². The van der Waals surface area contributed by atoms with Crippen LogP contribution in [0.1, 0.15) is 12.5 Å². The summed E-state index contributed by atoms with van der Waals surface area (Å²) in [5, 5.41) is 6.46. The highest BCUT2D eigenvalue weighted by Crippen LogP contribution is 2.20. The molecule has 0 fully saturated rings. The van der Waals surface area contributed by atoms with E-state index >= 15 is 0 Å². The third-order valence-corrected chi connectivity index (χ3v) is 2.76. The Morgan fingerprint density at radius 1 is 1.21 bits per heavy atom. The number of hydrogen-bond acceptors (Lipinski definition) is 4. The summed E-state index contributed by atoms with van der Waals surface area (Å²) >= 11 is 0. The molecule has 0 saturated heterocycles. The maximum atomic E-state index is 4.23. The van der Waals surface area contributed by atoms with Gasteiger partial charge in [-0.3, -0.25) is 0 Å². The zero-order valence-corrected chi connectivity index (χ0v) is 11.1. The van der Waals surface area contributed by atoms with E-state index in [4.69, 9.17) is 0 Å². The van der Waals surface area contributed by atoms with Crippen LogP contribution in [0.5, 0.6) is 0 Å². The third kappa shape index (κ3) is 3.55. The first kappa shape index (κ1) is 13.1. The molecule has 1 aromatic heterocycles. The van der Waals surface area contributed by atoms with Gasteiger partial charge in [0.15, 0.2) is 0 Å². The maximum absolute atomic E-state index is 4.23. The molecule has 1 aromatic carbocycles. The van der Waals surface area contributed by atoms with E-state index in [0.717, 1.165) is 23.7 Å². The molecule has 2 N–H and O–H groups in total. The Morgan fingerprint density at radius 3 is 2.79 bits per heavy atom. The molecule has 1 heterocycles. The Bertz CT molecular complexity index is 551. The molecule has 2 aromatic rings. The first-order valence-corrected chi connectivity index (χ1v) is 6.35. The minimum absolute atomic E-state index is 0.683.